The third-order valence-electron chi connectivity index (χ3n) is 4.92. The third kappa shape index (κ3) is 5.41. The second-order valence-corrected chi connectivity index (χ2v) is 9.55. The largest absolute Gasteiger partial charge is 0.506 e. The van der Waals surface area contributed by atoms with Crippen molar-refractivity contribution in [3.05, 3.63) is 42.5 Å². The Hall–Kier alpha value is -2.94. The number of aromatic hydroxyl groups is 1. The SMILES string of the molecule is CC[C@H](C)N(C(=O)O)c1ccc(N(CC(C)C)S(=O)(=O)c2ccc(OC)cc2)c(O)c1. The first-order chi connectivity index (χ1) is 14.5. The van der Waals surface area contributed by atoms with Gasteiger partial charge in [0.1, 0.15) is 11.5 Å². The third-order valence-corrected chi connectivity index (χ3v) is 6.72. The molecule has 0 saturated heterocycles. The van der Waals surface area contributed by atoms with Crippen molar-refractivity contribution in [3.8, 4) is 11.5 Å². The molecule has 0 aliphatic carbocycles. The van der Waals surface area contributed by atoms with Gasteiger partial charge in [-0.05, 0) is 55.7 Å². The monoisotopic (exact) mass is 450 g/mol. The topological polar surface area (TPSA) is 107 Å². The van der Waals surface area contributed by atoms with Gasteiger partial charge in [-0.3, -0.25) is 9.21 Å². The minimum Gasteiger partial charge on any atom is -0.506 e. The number of hydrogen-bond acceptors (Lipinski definition) is 5. The van der Waals surface area contributed by atoms with E-state index in [9.17, 15) is 23.4 Å². The molecule has 0 fully saturated rings. The van der Waals surface area contributed by atoms with Gasteiger partial charge >= 0.3 is 6.09 Å². The molecule has 0 saturated carbocycles. The number of carboxylic acid groups (broad SMARTS) is 1. The van der Waals surface area contributed by atoms with Gasteiger partial charge in [-0.25, -0.2) is 13.2 Å². The molecule has 0 heterocycles. The molecule has 8 nitrogen and oxygen atoms in total. The van der Waals surface area contributed by atoms with Gasteiger partial charge in [0.25, 0.3) is 10.0 Å². The standard InChI is InChI=1S/C22H30N2O6S/c1-6-16(4)24(22(26)27)17-7-12-20(21(25)13-17)23(14-15(2)3)31(28,29)19-10-8-18(30-5)9-11-19/h7-13,15-16,25H,6,14H2,1-5H3,(H,26,27)/t16-/m0/s1. The number of phenols is 1. The minimum absolute atomic E-state index is 0.0252. The highest BCUT2D eigenvalue weighted by Crippen LogP contribution is 2.36. The highest BCUT2D eigenvalue weighted by atomic mass is 32.2. The van der Waals surface area contributed by atoms with Gasteiger partial charge in [-0.15, -0.1) is 0 Å². The van der Waals surface area contributed by atoms with E-state index in [0.717, 1.165) is 9.21 Å². The number of methoxy groups -OCH3 is 1. The van der Waals surface area contributed by atoms with Gasteiger partial charge in [-0.1, -0.05) is 20.8 Å². The summed E-state index contributed by atoms with van der Waals surface area (Å²) < 4.78 is 33.0. The molecule has 2 rings (SSSR count). The van der Waals surface area contributed by atoms with Crippen LogP contribution in [0.3, 0.4) is 0 Å². The first-order valence-corrected chi connectivity index (χ1v) is 11.5. The van der Waals surface area contributed by atoms with Gasteiger partial charge in [0.05, 0.1) is 23.4 Å². The average molecular weight is 451 g/mol. The normalized spacial score (nSPS) is 12.5. The van der Waals surface area contributed by atoms with Crippen molar-refractivity contribution in [1.29, 1.82) is 0 Å². The molecule has 1 atom stereocenters. The molecule has 0 aromatic heterocycles. The molecular weight excluding hydrogens is 420 g/mol. The summed E-state index contributed by atoms with van der Waals surface area (Å²) in [6.07, 6.45) is -0.563. The number of nitrogens with zero attached hydrogens (tertiary/aromatic N) is 2. The van der Waals surface area contributed by atoms with Crippen LogP contribution in [0.5, 0.6) is 11.5 Å². The summed E-state index contributed by atoms with van der Waals surface area (Å²) in [5, 5.41) is 20.3. The molecule has 0 spiro atoms. The van der Waals surface area contributed by atoms with Crippen LogP contribution in [0.4, 0.5) is 16.2 Å². The quantitative estimate of drug-likeness (QED) is 0.581. The molecule has 31 heavy (non-hydrogen) atoms. The maximum atomic E-state index is 13.4. The van der Waals surface area contributed by atoms with Crippen LogP contribution in [0, 0.1) is 5.92 Å². The zero-order valence-corrected chi connectivity index (χ0v) is 19.3. The number of rotatable bonds is 9. The van der Waals surface area contributed by atoms with Gasteiger partial charge in [0, 0.05) is 18.7 Å². The number of ether oxygens (including phenoxy) is 1. The number of carbonyl (C=O) groups is 1. The van der Waals surface area contributed by atoms with Crippen LogP contribution >= 0.6 is 0 Å². The molecule has 0 radical (unpaired) electrons. The Kier molecular flexibility index (Phi) is 7.78. The second kappa shape index (κ2) is 9.91. The molecule has 0 bridgehead atoms. The average Bonchev–Trinajstić information content (AvgIpc) is 2.72. The van der Waals surface area contributed by atoms with E-state index in [-0.39, 0.29) is 40.5 Å². The molecule has 9 heteroatoms. The van der Waals surface area contributed by atoms with E-state index in [4.69, 9.17) is 4.74 Å². The minimum atomic E-state index is -3.98. The number of hydrogen-bond donors (Lipinski definition) is 2. The smallest absolute Gasteiger partial charge is 0.412 e. The molecule has 170 valence electrons. The number of benzene rings is 2. The van der Waals surface area contributed by atoms with Gasteiger partial charge in [-0.2, -0.15) is 0 Å². The van der Waals surface area contributed by atoms with Crippen LogP contribution < -0.4 is 13.9 Å². The predicted molar refractivity (Wildman–Crippen MR) is 121 cm³/mol. The highest BCUT2D eigenvalue weighted by molar-refractivity contribution is 7.92. The zero-order chi connectivity index (χ0) is 23.3. The van der Waals surface area contributed by atoms with Crippen LogP contribution in [0.25, 0.3) is 0 Å². The molecule has 2 aromatic rings. The molecule has 0 aliphatic rings. The van der Waals surface area contributed by atoms with Gasteiger partial charge < -0.3 is 14.9 Å². The molecular formula is C22H30N2O6S. The number of sulfonamides is 1. The summed E-state index contributed by atoms with van der Waals surface area (Å²) in [7, 11) is -2.49. The Morgan fingerprint density at radius 2 is 1.71 bits per heavy atom. The van der Waals surface area contributed by atoms with Crippen molar-refractivity contribution >= 4 is 27.5 Å². The van der Waals surface area contributed by atoms with E-state index in [1.165, 1.54) is 37.4 Å². The fourth-order valence-electron chi connectivity index (χ4n) is 3.14. The lowest BCUT2D eigenvalue weighted by Gasteiger charge is -2.29. The Morgan fingerprint density at radius 1 is 1.10 bits per heavy atom. The summed E-state index contributed by atoms with van der Waals surface area (Å²) in [6.45, 7) is 7.50. The van der Waals surface area contributed by atoms with Crippen molar-refractivity contribution in [2.75, 3.05) is 22.9 Å². The van der Waals surface area contributed by atoms with Crippen LogP contribution in [0.1, 0.15) is 34.1 Å². The lowest BCUT2D eigenvalue weighted by molar-refractivity contribution is 0.199. The van der Waals surface area contributed by atoms with E-state index in [1.807, 2.05) is 20.8 Å². The summed E-state index contributed by atoms with van der Waals surface area (Å²) in [5.74, 6) is 0.188. The Labute approximate surface area is 183 Å². The Balaban J connectivity index is 2.54. The molecule has 2 N–H and O–H groups in total. The molecule has 1 amide bonds. The summed E-state index contributed by atoms with van der Waals surface area (Å²) in [6, 6.07) is 9.92. The first kappa shape index (κ1) is 24.3. The van der Waals surface area contributed by atoms with E-state index in [1.54, 1.807) is 19.1 Å². The Morgan fingerprint density at radius 3 is 2.16 bits per heavy atom. The highest BCUT2D eigenvalue weighted by Gasteiger charge is 2.29. The lowest BCUT2D eigenvalue weighted by atomic mass is 10.1. The van der Waals surface area contributed by atoms with Gasteiger partial charge in [0.2, 0.25) is 0 Å². The maximum Gasteiger partial charge on any atom is 0.412 e. The number of amides is 1. The summed E-state index contributed by atoms with van der Waals surface area (Å²) >= 11 is 0. The van der Waals surface area contributed by atoms with Crippen molar-refractivity contribution in [2.24, 2.45) is 5.92 Å². The zero-order valence-electron chi connectivity index (χ0n) is 18.4. The van der Waals surface area contributed by atoms with E-state index in [0.29, 0.717) is 12.2 Å². The van der Waals surface area contributed by atoms with E-state index < -0.39 is 16.1 Å². The van der Waals surface area contributed by atoms with Crippen LogP contribution in [-0.4, -0.2) is 44.4 Å². The fraction of sp³-hybridized carbons (Fsp3) is 0.409. The molecule has 0 aliphatic heterocycles. The number of phenolic OH excluding ortho intramolecular Hbond substituents is 1. The van der Waals surface area contributed by atoms with Crippen LogP contribution in [0.2, 0.25) is 0 Å². The van der Waals surface area contributed by atoms with E-state index >= 15 is 0 Å². The number of anilines is 2. The maximum absolute atomic E-state index is 13.4. The van der Waals surface area contributed by atoms with Crippen LogP contribution in [0.15, 0.2) is 47.4 Å². The van der Waals surface area contributed by atoms with Crippen molar-refractivity contribution in [3.63, 3.8) is 0 Å². The fourth-order valence-corrected chi connectivity index (χ4v) is 4.78. The predicted octanol–water partition coefficient (Wildman–Crippen LogP) is 4.54. The Bertz CT molecular complexity index is 1010. The molecule has 2 aromatic carbocycles. The summed E-state index contributed by atoms with van der Waals surface area (Å²) in [4.78, 5) is 12.9. The van der Waals surface area contributed by atoms with Crippen molar-refractivity contribution in [1.82, 2.24) is 0 Å². The van der Waals surface area contributed by atoms with Crippen molar-refractivity contribution in [2.45, 2.75) is 45.1 Å². The second-order valence-electron chi connectivity index (χ2n) is 7.69. The lowest BCUT2D eigenvalue weighted by Crippen LogP contribution is -2.37. The first-order valence-electron chi connectivity index (χ1n) is 10.0. The van der Waals surface area contributed by atoms with Gasteiger partial charge in [0.15, 0.2) is 0 Å². The van der Waals surface area contributed by atoms with Crippen molar-refractivity contribution < 1.29 is 28.2 Å². The molecule has 0 unspecified atom stereocenters. The summed E-state index contributed by atoms with van der Waals surface area (Å²) in [5.41, 5.74) is 0.359. The van der Waals surface area contributed by atoms with Crippen LogP contribution in [-0.2, 0) is 10.0 Å². The van der Waals surface area contributed by atoms with E-state index in [2.05, 4.69) is 0 Å².